The highest BCUT2D eigenvalue weighted by molar-refractivity contribution is 5.82. The fraction of sp³-hybridized carbons (Fsp3) is 0.923. The van der Waals surface area contributed by atoms with E-state index in [9.17, 15) is 13.2 Å². The minimum Gasteiger partial charge on any atom is -0.387 e. The summed E-state index contributed by atoms with van der Waals surface area (Å²) in [7, 11) is 0. The molecule has 1 rings (SSSR count). The first kappa shape index (κ1) is 16.3. The van der Waals surface area contributed by atoms with Gasteiger partial charge in [-0.25, -0.2) is 0 Å². The Balaban J connectivity index is 2.26. The van der Waals surface area contributed by atoms with Crippen molar-refractivity contribution in [3.8, 4) is 0 Å². The number of nitrogens with zero attached hydrogens (tertiary/aromatic N) is 1. The molecule has 3 N–H and O–H groups in total. The van der Waals surface area contributed by atoms with Crippen LogP contribution in [0.2, 0.25) is 0 Å². The molecule has 19 heavy (non-hydrogen) atoms. The molecule has 0 bridgehead atoms. The van der Waals surface area contributed by atoms with Gasteiger partial charge in [0, 0.05) is 5.41 Å². The van der Waals surface area contributed by atoms with Gasteiger partial charge in [-0.05, 0) is 45.3 Å². The molecule has 0 unspecified atom stereocenters. The number of nitrogens with two attached hydrogens (primary N) is 1. The molecule has 1 aliphatic heterocycles. The second-order valence-corrected chi connectivity index (χ2v) is 6.06. The SMILES string of the molecule is CC(C)(CCCN1CCC(C(F)(F)F)CC1)C(=N)N. The van der Waals surface area contributed by atoms with Crippen molar-refractivity contribution in [2.45, 2.75) is 45.7 Å². The third kappa shape index (κ3) is 5.01. The van der Waals surface area contributed by atoms with E-state index in [1.165, 1.54) is 0 Å². The number of halogens is 3. The molecule has 1 heterocycles. The molecule has 0 aromatic rings. The third-order valence-electron chi connectivity index (χ3n) is 4.06. The quantitative estimate of drug-likeness (QED) is 0.600. The second-order valence-electron chi connectivity index (χ2n) is 6.06. The van der Waals surface area contributed by atoms with E-state index in [2.05, 4.69) is 4.90 Å². The van der Waals surface area contributed by atoms with E-state index in [1.54, 1.807) is 0 Å². The highest BCUT2D eigenvalue weighted by Crippen LogP contribution is 2.34. The minimum absolute atomic E-state index is 0.170. The van der Waals surface area contributed by atoms with Gasteiger partial charge < -0.3 is 10.6 Å². The van der Waals surface area contributed by atoms with Crippen LogP contribution in [-0.2, 0) is 0 Å². The fourth-order valence-electron chi connectivity index (χ4n) is 2.36. The predicted octanol–water partition coefficient (Wildman–Crippen LogP) is 3.00. The van der Waals surface area contributed by atoms with Crippen LogP contribution in [0.15, 0.2) is 0 Å². The molecule has 0 aliphatic carbocycles. The van der Waals surface area contributed by atoms with Gasteiger partial charge in [0.2, 0.25) is 0 Å². The Morgan fingerprint density at radius 1 is 1.26 bits per heavy atom. The molecule has 112 valence electrons. The van der Waals surface area contributed by atoms with E-state index in [4.69, 9.17) is 11.1 Å². The van der Waals surface area contributed by atoms with E-state index in [0.29, 0.717) is 13.1 Å². The van der Waals surface area contributed by atoms with E-state index < -0.39 is 12.1 Å². The third-order valence-corrected chi connectivity index (χ3v) is 4.06. The summed E-state index contributed by atoms with van der Waals surface area (Å²) in [6.45, 7) is 5.67. The molecule has 0 radical (unpaired) electrons. The van der Waals surface area contributed by atoms with Gasteiger partial charge in [-0.15, -0.1) is 0 Å². The van der Waals surface area contributed by atoms with Crippen molar-refractivity contribution < 1.29 is 13.2 Å². The summed E-state index contributed by atoms with van der Waals surface area (Å²) in [5, 5.41) is 7.45. The molecule has 6 heteroatoms. The number of alkyl halides is 3. The van der Waals surface area contributed by atoms with Crippen molar-refractivity contribution in [3.05, 3.63) is 0 Å². The van der Waals surface area contributed by atoms with E-state index in [0.717, 1.165) is 19.4 Å². The van der Waals surface area contributed by atoms with Crippen LogP contribution < -0.4 is 5.73 Å². The Morgan fingerprint density at radius 3 is 2.21 bits per heavy atom. The van der Waals surface area contributed by atoms with Crippen molar-refractivity contribution in [1.29, 1.82) is 5.41 Å². The average molecular weight is 279 g/mol. The van der Waals surface area contributed by atoms with Crippen molar-refractivity contribution >= 4 is 5.84 Å². The summed E-state index contributed by atoms with van der Waals surface area (Å²) in [6.07, 6.45) is -1.97. The van der Waals surface area contributed by atoms with Gasteiger partial charge in [0.15, 0.2) is 0 Å². The number of likely N-dealkylation sites (tertiary alicyclic amines) is 1. The highest BCUT2D eigenvalue weighted by atomic mass is 19.4. The van der Waals surface area contributed by atoms with E-state index in [1.807, 2.05) is 13.8 Å². The topological polar surface area (TPSA) is 53.1 Å². The second kappa shape index (κ2) is 6.11. The molecular formula is C13H24F3N3. The number of hydrogen-bond acceptors (Lipinski definition) is 2. The van der Waals surface area contributed by atoms with Crippen LogP contribution in [-0.4, -0.2) is 36.5 Å². The number of piperidine rings is 1. The van der Waals surface area contributed by atoms with Crippen LogP contribution in [0.3, 0.4) is 0 Å². The Bertz CT molecular complexity index is 305. The molecular weight excluding hydrogens is 255 g/mol. The van der Waals surface area contributed by atoms with Crippen LogP contribution in [0.5, 0.6) is 0 Å². The maximum atomic E-state index is 12.5. The monoisotopic (exact) mass is 279 g/mol. The fourth-order valence-corrected chi connectivity index (χ4v) is 2.36. The molecule has 1 fully saturated rings. The van der Waals surface area contributed by atoms with Crippen molar-refractivity contribution in [3.63, 3.8) is 0 Å². The minimum atomic E-state index is -4.04. The van der Waals surface area contributed by atoms with Crippen molar-refractivity contribution in [2.75, 3.05) is 19.6 Å². The molecule has 1 aliphatic rings. The van der Waals surface area contributed by atoms with Gasteiger partial charge in [-0.1, -0.05) is 13.8 Å². The van der Waals surface area contributed by atoms with Gasteiger partial charge in [0.25, 0.3) is 0 Å². The van der Waals surface area contributed by atoms with Crippen LogP contribution in [0.1, 0.15) is 39.5 Å². The summed E-state index contributed by atoms with van der Waals surface area (Å²) >= 11 is 0. The summed E-state index contributed by atoms with van der Waals surface area (Å²) in [5.41, 5.74) is 5.19. The Morgan fingerprint density at radius 2 is 1.79 bits per heavy atom. The number of hydrogen-bond donors (Lipinski definition) is 2. The van der Waals surface area contributed by atoms with Crippen LogP contribution in [0.4, 0.5) is 13.2 Å². The highest BCUT2D eigenvalue weighted by Gasteiger charge is 2.40. The average Bonchev–Trinajstić information content (AvgIpc) is 2.28. The largest absolute Gasteiger partial charge is 0.391 e. The first-order valence-electron chi connectivity index (χ1n) is 6.76. The Hall–Kier alpha value is -0.780. The molecule has 3 nitrogen and oxygen atoms in total. The Labute approximate surface area is 112 Å². The Kier molecular flexibility index (Phi) is 5.24. The zero-order valence-corrected chi connectivity index (χ0v) is 11.7. The summed E-state index contributed by atoms with van der Waals surface area (Å²) < 4.78 is 37.5. The zero-order chi connectivity index (χ0) is 14.7. The van der Waals surface area contributed by atoms with Crippen LogP contribution in [0.25, 0.3) is 0 Å². The maximum absolute atomic E-state index is 12.5. The van der Waals surface area contributed by atoms with Gasteiger partial charge in [0.05, 0.1) is 11.8 Å². The molecule has 0 atom stereocenters. The lowest BCUT2D eigenvalue weighted by Gasteiger charge is -2.33. The van der Waals surface area contributed by atoms with Crippen molar-refractivity contribution in [1.82, 2.24) is 4.90 Å². The molecule has 0 amide bonds. The number of amidine groups is 1. The molecule has 0 aromatic carbocycles. The van der Waals surface area contributed by atoms with Gasteiger partial charge in [0.1, 0.15) is 0 Å². The predicted molar refractivity (Wildman–Crippen MR) is 70.1 cm³/mol. The molecule has 0 saturated carbocycles. The molecule has 0 aromatic heterocycles. The normalized spacial score (nSPS) is 19.6. The first-order valence-corrected chi connectivity index (χ1v) is 6.76. The summed E-state index contributed by atoms with van der Waals surface area (Å²) in [4.78, 5) is 2.08. The van der Waals surface area contributed by atoms with Gasteiger partial charge in [-0.3, -0.25) is 5.41 Å². The lowest BCUT2D eigenvalue weighted by molar-refractivity contribution is -0.185. The first-order chi connectivity index (χ1) is 8.63. The van der Waals surface area contributed by atoms with E-state index in [-0.39, 0.29) is 24.1 Å². The van der Waals surface area contributed by atoms with Crippen molar-refractivity contribution in [2.24, 2.45) is 17.1 Å². The molecule has 1 saturated heterocycles. The lowest BCUT2D eigenvalue weighted by atomic mass is 9.86. The summed E-state index contributed by atoms with van der Waals surface area (Å²) in [5.74, 6) is -0.958. The number of nitrogens with one attached hydrogen (secondary N) is 1. The smallest absolute Gasteiger partial charge is 0.387 e. The van der Waals surface area contributed by atoms with E-state index >= 15 is 0 Å². The zero-order valence-electron chi connectivity index (χ0n) is 11.7. The van der Waals surface area contributed by atoms with Gasteiger partial charge in [-0.2, -0.15) is 13.2 Å². The maximum Gasteiger partial charge on any atom is 0.391 e. The van der Waals surface area contributed by atoms with Crippen LogP contribution in [0, 0.1) is 16.7 Å². The summed E-state index contributed by atoms with van der Waals surface area (Å²) in [6, 6.07) is 0. The standard InChI is InChI=1S/C13H24F3N3/c1-12(2,11(17)18)6-3-7-19-8-4-10(5-9-19)13(14,15)16/h10H,3-9H2,1-2H3,(H3,17,18). The van der Waals surface area contributed by atoms with Crippen LogP contribution >= 0.6 is 0 Å². The number of rotatable bonds is 5. The van der Waals surface area contributed by atoms with Gasteiger partial charge >= 0.3 is 6.18 Å². The lowest BCUT2D eigenvalue weighted by Crippen LogP contribution is -2.40. The molecule has 0 spiro atoms.